The predicted molar refractivity (Wildman–Crippen MR) is 78.8 cm³/mol. The van der Waals surface area contributed by atoms with Crippen molar-refractivity contribution in [3.8, 4) is 0 Å². The van der Waals surface area contributed by atoms with Crippen molar-refractivity contribution >= 4 is 29.2 Å². The normalized spacial score (nSPS) is 18.3. The van der Waals surface area contributed by atoms with Crippen LogP contribution in [0.3, 0.4) is 0 Å². The highest BCUT2D eigenvalue weighted by Crippen LogP contribution is 2.03. The lowest BCUT2D eigenvalue weighted by Crippen LogP contribution is -2.47. The van der Waals surface area contributed by atoms with Crippen molar-refractivity contribution in [3.63, 3.8) is 0 Å². The Morgan fingerprint density at radius 3 is 2.24 bits per heavy atom. The van der Waals surface area contributed by atoms with Gasteiger partial charge in [0.1, 0.15) is 4.32 Å². The summed E-state index contributed by atoms with van der Waals surface area (Å²) >= 11 is 9.12. The molecule has 0 aromatic heterocycles. The lowest BCUT2D eigenvalue weighted by atomic mass is 10.3. The second kappa shape index (κ2) is 8.26. The highest BCUT2D eigenvalue weighted by molar-refractivity contribution is 8.10. The summed E-state index contributed by atoms with van der Waals surface area (Å²) < 4.78 is 0.665. The van der Waals surface area contributed by atoms with Gasteiger partial charge < -0.3 is 14.9 Å². The first kappa shape index (κ1) is 15.2. The molecule has 0 aromatic rings. The number of hydrogen-bond donors (Lipinski definition) is 2. The molecule has 6 heteroatoms. The maximum Gasteiger partial charge on any atom is 0.133 e. The third-order valence-corrected chi connectivity index (χ3v) is 3.83. The SMILES string of the molecule is CN(CCCN1CCN(CCO)CC1)C(=S)S. The molecule has 1 fully saturated rings. The Kier molecular flexibility index (Phi) is 7.38. The van der Waals surface area contributed by atoms with E-state index in [0.29, 0.717) is 4.32 Å². The summed E-state index contributed by atoms with van der Waals surface area (Å²) in [6.07, 6.45) is 1.12. The number of hydrogen-bond acceptors (Lipinski definition) is 4. The van der Waals surface area contributed by atoms with E-state index in [4.69, 9.17) is 17.3 Å². The van der Waals surface area contributed by atoms with Gasteiger partial charge in [-0.3, -0.25) is 4.90 Å². The van der Waals surface area contributed by atoms with Crippen LogP contribution in [0.1, 0.15) is 6.42 Å². The molecule has 0 spiro atoms. The molecule has 0 radical (unpaired) electrons. The molecule has 0 amide bonds. The smallest absolute Gasteiger partial charge is 0.133 e. The molecule has 0 saturated carbocycles. The van der Waals surface area contributed by atoms with Crippen molar-refractivity contribution in [1.82, 2.24) is 14.7 Å². The Labute approximate surface area is 115 Å². The van der Waals surface area contributed by atoms with Gasteiger partial charge in [-0.15, -0.1) is 12.6 Å². The van der Waals surface area contributed by atoms with Gasteiger partial charge in [0.05, 0.1) is 6.61 Å². The van der Waals surface area contributed by atoms with Gasteiger partial charge in [-0.1, -0.05) is 12.2 Å². The van der Waals surface area contributed by atoms with Crippen molar-refractivity contribution in [2.45, 2.75) is 6.42 Å². The fourth-order valence-electron chi connectivity index (χ4n) is 2.01. The Morgan fingerprint density at radius 1 is 1.24 bits per heavy atom. The molecule has 1 saturated heterocycles. The van der Waals surface area contributed by atoms with Crippen molar-refractivity contribution in [1.29, 1.82) is 0 Å². The van der Waals surface area contributed by atoms with E-state index < -0.39 is 0 Å². The molecule has 1 N–H and O–H groups in total. The van der Waals surface area contributed by atoms with Gasteiger partial charge >= 0.3 is 0 Å². The largest absolute Gasteiger partial charge is 0.395 e. The second-order valence-electron chi connectivity index (χ2n) is 4.46. The summed E-state index contributed by atoms with van der Waals surface area (Å²) in [4.78, 5) is 6.79. The first-order valence-electron chi connectivity index (χ1n) is 6.13. The number of aliphatic hydroxyl groups excluding tert-OH is 1. The first-order valence-corrected chi connectivity index (χ1v) is 6.98. The molecule has 1 aliphatic heterocycles. The van der Waals surface area contributed by atoms with Crippen LogP contribution in [0.25, 0.3) is 0 Å². The molecular weight excluding hydrogens is 254 g/mol. The van der Waals surface area contributed by atoms with Crippen LogP contribution in [0, 0.1) is 0 Å². The molecule has 100 valence electrons. The van der Waals surface area contributed by atoms with Crippen molar-refractivity contribution in [3.05, 3.63) is 0 Å². The Morgan fingerprint density at radius 2 is 1.76 bits per heavy atom. The van der Waals surface area contributed by atoms with Gasteiger partial charge in [0, 0.05) is 46.3 Å². The van der Waals surface area contributed by atoms with E-state index in [9.17, 15) is 0 Å². The van der Waals surface area contributed by atoms with Crippen molar-refractivity contribution < 1.29 is 5.11 Å². The standard InChI is InChI=1S/C11H23N3OS2/c1-12(11(16)17)3-2-4-13-5-7-14(8-6-13)9-10-15/h15H,2-10H2,1H3,(H,16,17). The van der Waals surface area contributed by atoms with Gasteiger partial charge in [-0.05, 0) is 13.0 Å². The van der Waals surface area contributed by atoms with Crippen molar-refractivity contribution in [2.75, 3.05) is 59.5 Å². The maximum absolute atomic E-state index is 8.86. The van der Waals surface area contributed by atoms with E-state index in [2.05, 4.69) is 22.4 Å². The zero-order valence-electron chi connectivity index (χ0n) is 10.5. The Hall–Kier alpha value is 0.120. The lowest BCUT2D eigenvalue weighted by Gasteiger charge is -2.34. The fourth-order valence-corrected chi connectivity index (χ4v) is 2.20. The molecular formula is C11H23N3OS2. The number of rotatable bonds is 6. The van der Waals surface area contributed by atoms with Gasteiger partial charge in [0.15, 0.2) is 0 Å². The van der Waals surface area contributed by atoms with Crippen LogP contribution in [0.15, 0.2) is 0 Å². The molecule has 4 nitrogen and oxygen atoms in total. The topological polar surface area (TPSA) is 30.0 Å². The van der Waals surface area contributed by atoms with Gasteiger partial charge in [0.2, 0.25) is 0 Å². The summed E-state index contributed by atoms with van der Waals surface area (Å²) in [6.45, 7) is 7.52. The minimum atomic E-state index is 0.268. The first-order chi connectivity index (χ1) is 8.13. The summed E-state index contributed by atoms with van der Waals surface area (Å²) in [7, 11) is 1.98. The van der Waals surface area contributed by atoms with Crippen LogP contribution in [-0.2, 0) is 0 Å². The number of aliphatic hydroxyl groups is 1. The molecule has 1 heterocycles. The molecule has 0 bridgehead atoms. The number of thiol groups is 1. The average Bonchev–Trinajstić information content (AvgIpc) is 2.31. The van der Waals surface area contributed by atoms with Crippen LogP contribution in [0.5, 0.6) is 0 Å². The molecule has 0 aromatic carbocycles. The molecule has 0 atom stereocenters. The Bertz CT molecular complexity index is 233. The summed E-state index contributed by atoms with van der Waals surface area (Å²) in [5.74, 6) is 0. The number of β-amino-alcohol motifs (C(OH)–C–C–N with tert-alkyl or cyclic N) is 1. The number of piperazine rings is 1. The van der Waals surface area contributed by atoms with Crippen molar-refractivity contribution in [2.24, 2.45) is 0 Å². The molecule has 0 aliphatic carbocycles. The average molecular weight is 277 g/mol. The lowest BCUT2D eigenvalue weighted by molar-refractivity contribution is 0.111. The van der Waals surface area contributed by atoms with Gasteiger partial charge in [-0.2, -0.15) is 0 Å². The highest BCUT2D eigenvalue weighted by Gasteiger charge is 2.15. The number of thiocarbonyl (C=S) groups is 1. The van der Waals surface area contributed by atoms with Crippen LogP contribution < -0.4 is 0 Å². The molecule has 0 unspecified atom stereocenters. The minimum Gasteiger partial charge on any atom is -0.395 e. The van der Waals surface area contributed by atoms with E-state index >= 15 is 0 Å². The van der Waals surface area contributed by atoms with Crippen LogP contribution in [0.2, 0.25) is 0 Å². The monoisotopic (exact) mass is 277 g/mol. The fraction of sp³-hybridized carbons (Fsp3) is 0.909. The van der Waals surface area contributed by atoms with Gasteiger partial charge in [0.25, 0.3) is 0 Å². The highest BCUT2D eigenvalue weighted by atomic mass is 32.1. The summed E-state index contributed by atoms with van der Waals surface area (Å²) in [5, 5.41) is 8.86. The quantitative estimate of drug-likeness (QED) is 0.532. The third-order valence-electron chi connectivity index (χ3n) is 3.18. The zero-order chi connectivity index (χ0) is 12.7. The van der Waals surface area contributed by atoms with Crippen LogP contribution in [-0.4, -0.2) is 83.6 Å². The molecule has 1 aliphatic rings. The maximum atomic E-state index is 8.86. The summed E-state index contributed by atoms with van der Waals surface area (Å²) in [5.41, 5.74) is 0. The Balaban J connectivity index is 2.08. The van der Waals surface area contributed by atoms with Gasteiger partial charge in [-0.25, -0.2) is 0 Å². The van der Waals surface area contributed by atoms with E-state index in [0.717, 1.165) is 52.2 Å². The molecule has 17 heavy (non-hydrogen) atoms. The second-order valence-corrected chi connectivity index (χ2v) is 5.58. The third kappa shape index (κ3) is 6.01. The van der Waals surface area contributed by atoms with E-state index in [1.807, 2.05) is 11.9 Å². The van der Waals surface area contributed by atoms with Crippen LogP contribution >= 0.6 is 24.8 Å². The molecule has 1 rings (SSSR count). The van der Waals surface area contributed by atoms with E-state index in [1.54, 1.807) is 0 Å². The number of nitrogens with zero attached hydrogens (tertiary/aromatic N) is 3. The van der Waals surface area contributed by atoms with E-state index in [1.165, 1.54) is 0 Å². The minimum absolute atomic E-state index is 0.268. The summed E-state index contributed by atoms with van der Waals surface area (Å²) in [6, 6.07) is 0. The van der Waals surface area contributed by atoms with E-state index in [-0.39, 0.29) is 6.61 Å². The zero-order valence-corrected chi connectivity index (χ0v) is 12.2. The predicted octanol–water partition coefficient (Wildman–Crippen LogP) is 0.133. The van der Waals surface area contributed by atoms with Crippen LogP contribution in [0.4, 0.5) is 0 Å².